The van der Waals surface area contributed by atoms with Gasteiger partial charge in [0.1, 0.15) is 5.82 Å². The number of fused-ring (bicyclic) bond motifs is 3. The summed E-state index contributed by atoms with van der Waals surface area (Å²) in [5.74, 6) is -2.61. The summed E-state index contributed by atoms with van der Waals surface area (Å²) in [6.07, 6.45) is 6.21. The van der Waals surface area contributed by atoms with Crippen LogP contribution in [0.5, 0.6) is 0 Å². The van der Waals surface area contributed by atoms with E-state index in [4.69, 9.17) is 17.0 Å². The number of alkyl halides is 2. The average molecular weight is 510 g/mol. The van der Waals surface area contributed by atoms with Gasteiger partial charge in [-0.2, -0.15) is 8.78 Å². The number of hydrogen-bond acceptors (Lipinski definition) is 7. The van der Waals surface area contributed by atoms with Crippen LogP contribution in [0.3, 0.4) is 0 Å². The fourth-order valence-electron chi connectivity index (χ4n) is 4.26. The molecule has 1 aliphatic rings. The summed E-state index contributed by atoms with van der Waals surface area (Å²) in [6, 6.07) is 9.16. The van der Waals surface area contributed by atoms with Crippen molar-refractivity contribution in [2.24, 2.45) is 0 Å². The van der Waals surface area contributed by atoms with E-state index in [0.717, 1.165) is 11.8 Å². The van der Waals surface area contributed by atoms with Crippen molar-refractivity contribution in [1.29, 1.82) is 5.41 Å². The molecule has 0 amide bonds. The Hall–Kier alpha value is -4.12. The highest BCUT2D eigenvalue weighted by Gasteiger charge is 2.44. The van der Waals surface area contributed by atoms with E-state index in [9.17, 15) is 0 Å². The first-order chi connectivity index (χ1) is 17.3. The fourth-order valence-corrected chi connectivity index (χ4v) is 4.51. The smallest absolute Gasteiger partial charge is 0.333 e. The molecule has 9 nitrogen and oxygen atoms in total. The molecule has 0 spiro atoms. The topological polar surface area (TPSA) is 109 Å². The Bertz CT molecular complexity index is 1470. The zero-order valence-corrected chi connectivity index (χ0v) is 20.1. The first kappa shape index (κ1) is 23.6. The summed E-state index contributed by atoms with van der Waals surface area (Å²) >= 11 is 6.09. The molecule has 0 unspecified atom stereocenters. The van der Waals surface area contributed by atoms with Crippen LogP contribution in [-0.2, 0) is 12.5 Å². The van der Waals surface area contributed by atoms with Gasteiger partial charge in [-0.15, -0.1) is 10.2 Å². The lowest BCUT2D eigenvalue weighted by atomic mass is 10.1. The van der Waals surface area contributed by atoms with Crippen molar-refractivity contribution in [2.75, 3.05) is 12.4 Å². The number of hydrogen-bond donors (Lipinski definition) is 3. The lowest BCUT2D eigenvalue weighted by Gasteiger charge is -2.27. The molecular formula is C24H22ClF2N9. The van der Waals surface area contributed by atoms with Crippen LogP contribution < -0.4 is 10.6 Å². The molecule has 4 heterocycles. The molecule has 5 rings (SSSR count). The Kier molecular flexibility index (Phi) is 6.00. The molecule has 184 valence electrons. The van der Waals surface area contributed by atoms with Gasteiger partial charge in [-0.25, -0.2) is 9.97 Å². The Labute approximate surface area is 210 Å². The number of nitrogens with one attached hydrogen (secondary N) is 3. The van der Waals surface area contributed by atoms with Crippen molar-refractivity contribution in [1.82, 2.24) is 34.6 Å². The summed E-state index contributed by atoms with van der Waals surface area (Å²) < 4.78 is 34.6. The Morgan fingerprint density at radius 2 is 2.06 bits per heavy atom. The third-order valence-corrected chi connectivity index (χ3v) is 6.26. The lowest BCUT2D eigenvalue weighted by molar-refractivity contribution is 0.0269. The zero-order chi connectivity index (χ0) is 25.4. The summed E-state index contributed by atoms with van der Waals surface area (Å²) in [6.45, 7) is 2.30. The van der Waals surface area contributed by atoms with Gasteiger partial charge in [0.05, 0.1) is 22.5 Å². The highest BCUT2D eigenvalue weighted by molar-refractivity contribution is 6.31. The van der Waals surface area contributed by atoms with E-state index in [2.05, 4.69) is 30.8 Å². The molecular weight excluding hydrogens is 488 g/mol. The van der Waals surface area contributed by atoms with Crippen molar-refractivity contribution in [2.45, 2.75) is 25.4 Å². The molecule has 0 saturated heterocycles. The van der Waals surface area contributed by atoms with Crippen LogP contribution in [0, 0.1) is 5.41 Å². The maximum Gasteiger partial charge on any atom is 0.333 e. The quantitative estimate of drug-likeness (QED) is 0.312. The molecule has 0 bridgehead atoms. The van der Waals surface area contributed by atoms with Gasteiger partial charge in [0.25, 0.3) is 0 Å². The van der Waals surface area contributed by atoms with E-state index in [1.165, 1.54) is 28.8 Å². The van der Waals surface area contributed by atoms with Gasteiger partial charge in [0, 0.05) is 43.3 Å². The Balaban J connectivity index is 1.53. The number of benzene rings is 1. The van der Waals surface area contributed by atoms with E-state index in [-0.39, 0.29) is 16.6 Å². The first-order valence-corrected chi connectivity index (χ1v) is 11.5. The van der Waals surface area contributed by atoms with Gasteiger partial charge in [0.15, 0.2) is 5.82 Å². The van der Waals surface area contributed by atoms with E-state index in [0.29, 0.717) is 35.5 Å². The molecule has 4 aromatic rings. The lowest BCUT2D eigenvalue weighted by Crippen LogP contribution is -2.28. The van der Waals surface area contributed by atoms with E-state index in [1.54, 1.807) is 25.4 Å². The first-order valence-electron chi connectivity index (χ1n) is 11.1. The average Bonchev–Trinajstić information content (AvgIpc) is 3.49. The third kappa shape index (κ3) is 4.01. The minimum atomic E-state index is -3.42. The number of allylic oxidation sites excluding steroid dienone is 1. The highest BCUT2D eigenvalue weighted by Crippen LogP contribution is 2.42. The maximum absolute atomic E-state index is 15.6. The van der Waals surface area contributed by atoms with E-state index in [1.807, 2.05) is 23.8 Å². The molecule has 0 saturated carbocycles. The summed E-state index contributed by atoms with van der Waals surface area (Å²) in [5.41, 5.74) is 1.76. The van der Waals surface area contributed by atoms with Crippen molar-refractivity contribution in [3.05, 3.63) is 77.1 Å². The number of halogens is 3. The largest absolute Gasteiger partial charge is 0.375 e. The Morgan fingerprint density at radius 1 is 1.25 bits per heavy atom. The van der Waals surface area contributed by atoms with Crippen LogP contribution in [0.25, 0.3) is 22.8 Å². The van der Waals surface area contributed by atoms with Gasteiger partial charge >= 0.3 is 5.92 Å². The van der Waals surface area contributed by atoms with Gasteiger partial charge in [-0.1, -0.05) is 29.8 Å². The van der Waals surface area contributed by atoms with Crippen LogP contribution >= 0.6 is 11.6 Å². The number of aromatic nitrogens is 6. The van der Waals surface area contributed by atoms with Crippen LogP contribution in [-0.4, -0.2) is 42.6 Å². The second-order valence-electron chi connectivity index (χ2n) is 8.27. The highest BCUT2D eigenvalue weighted by atomic mass is 35.5. The summed E-state index contributed by atoms with van der Waals surface area (Å²) in [5, 5.41) is 21.2. The monoisotopic (exact) mass is 509 g/mol. The normalized spacial score (nSPS) is 15.2. The van der Waals surface area contributed by atoms with Crippen LogP contribution in [0.15, 0.2) is 60.7 Å². The molecule has 0 fully saturated rings. The summed E-state index contributed by atoms with van der Waals surface area (Å²) in [4.78, 5) is 8.78. The molecule has 12 heteroatoms. The molecule has 0 radical (unpaired) electrons. The number of rotatable bonds is 7. The second kappa shape index (κ2) is 9.15. The van der Waals surface area contributed by atoms with Gasteiger partial charge in [0.2, 0.25) is 11.8 Å². The molecule has 3 aromatic heterocycles. The van der Waals surface area contributed by atoms with Crippen molar-refractivity contribution in [3.8, 4) is 22.8 Å². The number of anilines is 1. The fraction of sp³-hybridized carbons (Fsp3) is 0.208. The third-order valence-electron chi connectivity index (χ3n) is 5.93. The summed E-state index contributed by atoms with van der Waals surface area (Å²) in [7, 11) is 1.72. The minimum Gasteiger partial charge on any atom is -0.375 e. The molecule has 1 aromatic carbocycles. The standard InChI is InChI=1S/C24H22ClF2N9/c1-14-12-35-13-15(18-8-10-30-23(31-18)32-20(29-2)7-9-28)11-19(35)21-33-34-22(36(14)21)24(26,27)16-5-3-4-6-17(16)25/h3-11,13-14,28-29H,12H2,1-2H3,(H,30,31,32)/b20-7+,28-9?/t14-/m0/s1. The molecule has 1 aliphatic heterocycles. The van der Waals surface area contributed by atoms with Crippen LogP contribution in [0.4, 0.5) is 14.7 Å². The predicted octanol–water partition coefficient (Wildman–Crippen LogP) is 4.69. The van der Waals surface area contributed by atoms with Crippen LogP contribution in [0.2, 0.25) is 5.02 Å². The number of nitrogens with zero attached hydrogens (tertiary/aromatic N) is 6. The van der Waals surface area contributed by atoms with Gasteiger partial charge in [-0.05, 0) is 31.2 Å². The van der Waals surface area contributed by atoms with Crippen molar-refractivity contribution >= 4 is 23.8 Å². The predicted molar refractivity (Wildman–Crippen MR) is 133 cm³/mol. The van der Waals surface area contributed by atoms with Gasteiger partial charge < -0.3 is 20.6 Å². The minimum absolute atomic E-state index is 0.0287. The van der Waals surface area contributed by atoms with Crippen molar-refractivity contribution < 1.29 is 8.78 Å². The second-order valence-corrected chi connectivity index (χ2v) is 8.68. The molecule has 0 aliphatic carbocycles. The van der Waals surface area contributed by atoms with E-state index < -0.39 is 11.7 Å². The molecule has 36 heavy (non-hydrogen) atoms. The van der Waals surface area contributed by atoms with Crippen molar-refractivity contribution in [3.63, 3.8) is 0 Å². The zero-order valence-electron chi connectivity index (χ0n) is 19.4. The van der Waals surface area contributed by atoms with Gasteiger partial charge in [-0.3, -0.25) is 4.57 Å². The Morgan fingerprint density at radius 3 is 2.81 bits per heavy atom. The maximum atomic E-state index is 15.6. The van der Waals surface area contributed by atoms with E-state index >= 15 is 8.78 Å². The SMILES string of the molecule is CN/C(=C\C=N)Nc1nccc(-c2cc3n(c2)C[C@H](C)n2c-3nnc2C(F)(F)c2ccccc2Cl)n1. The molecule has 1 atom stereocenters. The molecule has 3 N–H and O–H groups in total. The van der Waals surface area contributed by atoms with Crippen LogP contribution in [0.1, 0.15) is 24.4 Å².